The number of anilines is 1. The molecule has 0 saturated carbocycles. The summed E-state index contributed by atoms with van der Waals surface area (Å²) in [5.41, 5.74) is 3.64. The molecule has 198 valence electrons. The van der Waals surface area contributed by atoms with Gasteiger partial charge in [-0.1, -0.05) is 59.6 Å². The summed E-state index contributed by atoms with van der Waals surface area (Å²) in [6.45, 7) is 3.88. The van der Waals surface area contributed by atoms with Crippen LogP contribution in [0.25, 0.3) is 0 Å². The van der Waals surface area contributed by atoms with Gasteiger partial charge >= 0.3 is 0 Å². The fourth-order valence-corrected chi connectivity index (χ4v) is 5.80. The molecule has 0 spiro atoms. The van der Waals surface area contributed by atoms with E-state index in [1.165, 1.54) is 0 Å². The molecule has 2 amide bonds. The molecule has 0 bridgehead atoms. The molecule has 0 radical (unpaired) electrons. The van der Waals surface area contributed by atoms with Gasteiger partial charge in [0, 0.05) is 35.2 Å². The first-order valence-corrected chi connectivity index (χ1v) is 13.8. The van der Waals surface area contributed by atoms with Gasteiger partial charge in [-0.25, -0.2) is 0 Å². The second-order valence-corrected chi connectivity index (χ2v) is 10.6. The average Bonchev–Trinajstić information content (AvgIpc) is 2.94. The van der Waals surface area contributed by atoms with E-state index in [9.17, 15) is 9.59 Å². The number of benzene rings is 3. The summed E-state index contributed by atoms with van der Waals surface area (Å²) >= 11 is 12.3. The van der Waals surface area contributed by atoms with Gasteiger partial charge in [0.2, 0.25) is 0 Å². The molecule has 6 nitrogen and oxygen atoms in total. The molecule has 2 aliphatic heterocycles. The van der Waals surface area contributed by atoms with E-state index in [0.29, 0.717) is 35.5 Å². The lowest BCUT2D eigenvalue weighted by atomic mass is 9.86. The lowest BCUT2D eigenvalue weighted by Crippen LogP contribution is -2.45. The van der Waals surface area contributed by atoms with Crippen LogP contribution in [0.15, 0.2) is 66.7 Å². The molecule has 8 heteroatoms. The molecular formula is C30H31Cl2N3O3. The van der Waals surface area contributed by atoms with Crippen molar-refractivity contribution in [1.29, 1.82) is 0 Å². The molecule has 0 atom stereocenters. The maximum atomic E-state index is 13.1. The molecule has 38 heavy (non-hydrogen) atoms. The van der Waals surface area contributed by atoms with Gasteiger partial charge in [0.05, 0.1) is 5.69 Å². The van der Waals surface area contributed by atoms with Crippen molar-refractivity contribution in [3.63, 3.8) is 0 Å². The molecule has 5 rings (SSSR count). The topological polar surface area (TPSA) is 61.9 Å². The predicted molar refractivity (Wildman–Crippen MR) is 152 cm³/mol. The maximum Gasteiger partial charge on any atom is 0.265 e. The molecule has 3 aromatic carbocycles. The van der Waals surface area contributed by atoms with Crippen LogP contribution >= 0.6 is 23.2 Å². The van der Waals surface area contributed by atoms with E-state index in [2.05, 4.69) is 16.3 Å². The van der Waals surface area contributed by atoms with Crippen LogP contribution in [0.1, 0.15) is 40.2 Å². The van der Waals surface area contributed by atoms with Crippen LogP contribution in [0.2, 0.25) is 10.0 Å². The number of carbonyl (C=O) groups excluding carboxylic acids is 2. The molecule has 0 aromatic heterocycles. The number of hydrogen-bond donors (Lipinski definition) is 1. The Morgan fingerprint density at radius 1 is 0.974 bits per heavy atom. The smallest absolute Gasteiger partial charge is 0.265 e. The van der Waals surface area contributed by atoms with Gasteiger partial charge in [-0.3, -0.25) is 9.59 Å². The van der Waals surface area contributed by atoms with Gasteiger partial charge in [-0.05, 0) is 79.7 Å². The van der Waals surface area contributed by atoms with Crippen molar-refractivity contribution in [2.45, 2.75) is 25.2 Å². The van der Waals surface area contributed by atoms with Gasteiger partial charge in [0.25, 0.3) is 11.8 Å². The second kappa shape index (κ2) is 12.2. The van der Waals surface area contributed by atoms with Crippen LogP contribution < -0.4 is 15.0 Å². The van der Waals surface area contributed by atoms with Crippen molar-refractivity contribution in [2.24, 2.45) is 0 Å². The lowest BCUT2D eigenvalue weighted by molar-refractivity contribution is -0.121. The predicted octanol–water partition coefficient (Wildman–Crippen LogP) is 5.57. The Labute approximate surface area is 233 Å². The molecule has 0 aliphatic carbocycles. The highest BCUT2D eigenvalue weighted by Gasteiger charge is 2.28. The SMILES string of the molecule is O=C(NCCc1ccc(Cl)cc1Cl)c1ccccc1C1CCN(CCN2C(=O)COc3ccccc32)CC1. The summed E-state index contributed by atoms with van der Waals surface area (Å²) < 4.78 is 5.56. The minimum atomic E-state index is -0.0578. The number of rotatable bonds is 8. The lowest BCUT2D eigenvalue weighted by Gasteiger charge is -2.35. The van der Waals surface area contributed by atoms with E-state index in [0.717, 1.165) is 60.6 Å². The number of nitrogens with zero attached hydrogens (tertiary/aromatic N) is 2. The zero-order valence-electron chi connectivity index (χ0n) is 21.2. The fourth-order valence-electron chi connectivity index (χ4n) is 5.30. The van der Waals surface area contributed by atoms with Crippen molar-refractivity contribution >= 4 is 40.7 Å². The Balaban J connectivity index is 1.14. The third kappa shape index (κ3) is 6.15. The summed E-state index contributed by atoms with van der Waals surface area (Å²) in [5.74, 6) is 1.02. The standard InChI is InChI=1S/C30H31Cl2N3O3/c31-23-10-9-22(26(32)19-23)11-14-33-30(37)25-6-2-1-5-24(25)21-12-15-34(16-13-21)17-18-35-27-7-3-4-8-28(27)38-20-29(35)36/h1-10,19,21H,11-18,20H2,(H,33,37). The Bertz CT molecular complexity index is 1310. The van der Waals surface area contributed by atoms with Gasteiger partial charge in [-0.15, -0.1) is 0 Å². The third-order valence-corrected chi connectivity index (χ3v) is 7.96. The maximum absolute atomic E-state index is 13.1. The number of ether oxygens (including phenoxy) is 1. The average molecular weight is 553 g/mol. The van der Waals surface area contributed by atoms with Gasteiger partial charge in [0.15, 0.2) is 6.61 Å². The highest BCUT2D eigenvalue weighted by Crippen LogP contribution is 2.33. The molecule has 1 fully saturated rings. The Kier molecular flexibility index (Phi) is 8.52. The van der Waals surface area contributed by atoms with E-state index < -0.39 is 0 Å². The summed E-state index contributed by atoms with van der Waals surface area (Å²) in [5, 5.41) is 4.27. The number of halogens is 2. The van der Waals surface area contributed by atoms with E-state index in [-0.39, 0.29) is 18.4 Å². The number of para-hydroxylation sites is 2. The van der Waals surface area contributed by atoms with E-state index in [4.69, 9.17) is 27.9 Å². The van der Waals surface area contributed by atoms with Crippen LogP contribution in [-0.2, 0) is 11.2 Å². The zero-order valence-corrected chi connectivity index (χ0v) is 22.7. The van der Waals surface area contributed by atoms with Gasteiger partial charge in [0.1, 0.15) is 5.75 Å². The largest absolute Gasteiger partial charge is 0.482 e. The quantitative estimate of drug-likeness (QED) is 0.397. The van der Waals surface area contributed by atoms with Crippen molar-refractivity contribution in [1.82, 2.24) is 10.2 Å². The number of carbonyl (C=O) groups is 2. The molecule has 0 unspecified atom stereocenters. The minimum Gasteiger partial charge on any atom is -0.482 e. The van der Waals surface area contributed by atoms with Crippen molar-refractivity contribution < 1.29 is 14.3 Å². The zero-order chi connectivity index (χ0) is 26.5. The summed E-state index contributed by atoms with van der Waals surface area (Å²) in [6, 6.07) is 21.0. The summed E-state index contributed by atoms with van der Waals surface area (Å²) in [4.78, 5) is 29.8. The number of fused-ring (bicyclic) bond motifs is 1. The first-order chi connectivity index (χ1) is 18.5. The van der Waals surface area contributed by atoms with Crippen molar-refractivity contribution in [2.75, 3.05) is 44.2 Å². The number of likely N-dealkylation sites (tertiary alicyclic amines) is 1. The Morgan fingerprint density at radius 3 is 2.55 bits per heavy atom. The second-order valence-electron chi connectivity index (χ2n) is 9.75. The summed E-state index contributed by atoms with van der Waals surface area (Å²) in [7, 11) is 0. The van der Waals surface area contributed by atoms with Crippen LogP contribution in [0, 0.1) is 0 Å². The molecule has 1 N–H and O–H groups in total. The number of nitrogens with one attached hydrogen (secondary N) is 1. The third-order valence-electron chi connectivity index (χ3n) is 7.38. The first-order valence-electron chi connectivity index (χ1n) is 13.0. The van der Waals surface area contributed by atoms with Crippen LogP contribution in [-0.4, -0.2) is 56.0 Å². The molecule has 3 aromatic rings. The van der Waals surface area contributed by atoms with Crippen molar-refractivity contribution in [3.8, 4) is 5.75 Å². The molecule has 1 saturated heterocycles. The number of piperidine rings is 1. The van der Waals surface area contributed by atoms with E-state index >= 15 is 0 Å². The Morgan fingerprint density at radius 2 is 1.74 bits per heavy atom. The summed E-state index contributed by atoms with van der Waals surface area (Å²) in [6.07, 6.45) is 2.58. The van der Waals surface area contributed by atoms with E-state index in [1.54, 1.807) is 6.07 Å². The number of hydrogen-bond acceptors (Lipinski definition) is 4. The van der Waals surface area contributed by atoms with E-state index in [1.807, 2.05) is 59.5 Å². The van der Waals surface area contributed by atoms with Gasteiger partial charge < -0.3 is 19.9 Å². The first kappa shape index (κ1) is 26.5. The Hall–Kier alpha value is -3.06. The molecular weight excluding hydrogens is 521 g/mol. The molecule has 2 aliphatic rings. The fraction of sp³-hybridized carbons (Fsp3) is 0.333. The number of amides is 2. The van der Waals surface area contributed by atoms with Crippen LogP contribution in [0.5, 0.6) is 5.75 Å². The highest BCUT2D eigenvalue weighted by atomic mass is 35.5. The van der Waals surface area contributed by atoms with Gasteiger partial charge in [-0.2, -0.15) is 0 Å². The van der Waals surface area contributed by atoms with Crippen molar-refractivity contribution in [3.05, 3.63) is 93.5 Å². The normalized spacial score (nSPS) is 16.2. The van der Waals surface area contributed by atoms with Crippen LogP contribution in [0.3, 0.4) is 0 Å². The van der Waals surface area contributed by atoms with Crippen LogP contribution in [0.4, 0.5) is 5.69 Å². The molecule has 2 heterocycles. The minimum absolute atomic E-state index is 0.00291. The monoisotopic (exact) mass is 551 g/mol. The highest BCUT2D eigenvalue weighted by molar-refractivity contribution is 6.35.